The molecule has 1 fully saturated rings. The summed E-state index contributed by atoms with van der Waals surface area (Å²) >= 11 is 0. The van der Waals surface area contributed by atoms with Crippen LogP contribution in [0.1, 0.15) is 22.5 Å². The number of nitrogens with one attached hydrogen (secondary N) is 2. The topological polar surface area (TPSA) is 73.6 Å². The number of halogens is 1. The minimum atomic E-state index is 0. The van der Waals surface area contributed by atoms with Crippen LogP contribution in [0.2, 0.25) is 0 Å². The number of aliphatic imine (C=N–C) groups is 1. The van der Waals surface area contributed by atoms with Crippen molar-refractivity contribution in [3.63, 3.8) is 0 Å². The Balaban J connectivity index is 0.00000300. The monoisotopic (exact) mass is 512 g/mol. The van der Waals surface area contributed by atoms with Gasteiger partial charge in [0.15, 0.2) is 5.96 Å². The maximum Gasteiger partial charge on any atom is 0.191 e. The number of hydrogen-bond donors (Lipinski definition) is 2. The highest BCUT2D eigenvalue weighted by atomic mass is 127. The highest BCUT2D eigenvalue weighted by Gasteiger charge is 2.15. The highest BCUT2D eigenvalue weighted by molar-refractivity contribution is 14.0. The Morgan fingerprint density at radius 1 is 1.10 bits per heavy atom. The number of nitrogens with zero attached hydrogens (tertiary/aromatic N) is 6. The number of pyridine rings is 1. The van der Waals surface area contributed by atoms with E-state index >= 15 is 0 Å². The second-order valence-electron chi connectivity index (χ2n) is 7.36. The Bertz CT molecular complexity index is 824. The molecule has 2 N–H and O–H groups in total. The van der Waals surface area contributed by atoms with Crippen LogP contribution >= 0.6 is 24.0 Å². The van der Waals surface area contributed by atoms with Crippen molar-refractivity contribution < 1.29 is 0 Å². The van der Waals surface area contributed by atoms with Crippen LogP contribution in [0.15, 0.2) is 23.3 Å². The van der Waals surface area contributed by atoms with Gasteiger partial charge in [0.25, 0.3) is 0 Å². The molecule has 0 unspecified atom stereocenters. The summed E-state index contributed by atoms with van der Waals surface area (Å²) in [5, 5.41) is 11.3. The first kappa shape index (κ1) is 23.4. The molecule has 0 amide bonds. The van der Waals surface area contributed by atoms with E-state index in [0.29, 0.717) is 13.1 Å². The Labute approximate surface area is 190 Å². The molecule has 0 radical (unpaired) electrons. The van der Waals surface area contributed by atoms with Gasteiger partial charge < -0.3 is 20.4 Å². The summed E-state index contributed by atoms with van der Waals surface area (Å²) in [6.07, 6.45) is 1.89. The number of guanidine groups is 1. The molecule has 2 aromatic heterocycles. The number of anilines is 1. The molecule has 0 saturated carbocycles. The second kappa shape index (κ2) is 10.8. The molecule has 0 atom stereocenters. The van der Waals surface area contributed by atoms with Gasteiger partial charge in [-0.2, -0.15) is 5.10 Å². The summed E-state index contributed by atoms with van der Waals surface area (Å²) in [6, 6.07) is 4.22. The summed E-state index contributed by atoms with van der Waals surface area (Å²) in [7, 11) is 5.93. The van der Waals surface area contributed by atoms with Crippen LogP contribution in [0, 0.1) is 13.8 Å². The van der Waals surface area contributed by atoms with E-state index in [1.54, 1.807) is 7.05 Å². The first-order valence-corrected chi connectivity index (χ1v) is 9.80. The molecule has 1 aliphatic heterocycles. The molecule has 0 aliphatic carbocycles. The highest BCUT2D eigenvalue weighted by Crippen LogP contribution is 2.15. The van der Waals surface area contributed by atoms with Crippen molar-refractivity contribution in [1.82, 2.24) is 30.3 Å². The standard InChI is InChI=1S/C20H32N8.HI/c1-15-18(16(2)27(5)25-15)14-24-20(21-3)23-13-17-6-7-22-19(12-17)28-10-8-26(4)9-11-28;/h6-7,12H,8-11,13-14H2,1-5H3,(H2,21,23,24);1H. The number of hydrogen-bond acceptors (Lipinski definition) is 5. The van der Waals surface area contributed by atoms with Crippen molar-refractivity contribution in [2.45, 2.75) is 26.9 Å². The van der Waals surface area contributed by atoms with Crippen molar-refractivity contribution in [3.8, 4) is 0 Å². The molecule has 9 heteroatoms. The van der Waals surface area contributed by atoms with Gasteiger partial charge in [-0.15, -0.1) is 24.0 Å². The van der Waals surface area contributed by atoms with Crippen LogP contribution in [-0.2, 0) is 20.1 Å². The van der Waals surface area contributed by atoms with Gasteiger partial charge in [0.2, 0.25) is 0 Å². The third-order valence-electron chi connectivity index (χ3n) is 5.41. The van der Waals surface area contributed by atoms with Crippen molar-refractivity contribution >= 4 is 35.8 Å². The fourth-order valence-corrected chi connectivity index (χ4v) is 3.43. The van der Waals surface area contributed by atoms with E-state index in [9.17, 15) is 0 Å². The largest absolute Gasteiger partial charge is 0.354 e. The number of piperazine rings is 1. The van der Waals surface area contributed by atoms with Gasteiger partial charge in [-0.25, -0.2) is 4.98 Å². The summed E-state index contributed by atoms with van der Waals surface area (Å²) in [5.74, 6) is 1.83. The van der Waals surface area contributed by atoms with Gasteiger partial charge in [-0.1, -0.05) is 0 Å². The molecule has 3 rings (SSSR count). The van der Waals surface area contributed by atoms with E-state index in [2.05, 4.69) is 61.6 Å². The lowest BCUT2D eigenvalue weighted by molar-refractivity contribution is 0.312. The number of aromatic nitrogens is 3. The lowest BCUT2D eigenvalue weighted by Gasteiger charge is -2.33. The fourth-order valence-electron chi connectivity index (χ4n) is 3.43. The SMILES string of the molecule is CN=C(NCc1ccnc(N2CCN(C)CC2)c1)NCc1c(C)nn(C)c1C.I. The summed E-state index contributed by atoms with van der Waals surface area (Å²) in [4.78, 5) is 13.6. The molecule has 3 heterocycles. The van der Waals surface area contributed by atoms with Crippen molar-refractivity contribution in [1.29, 1.82) is 0 Å². The number of likely N-dealkylation sites (N-methyl/N-ethyl adjacent to an activating group) is 1. The van der Waals surface area contributed by atoms with Crippen LogP contribution in [0.5, 0.6) is 0 Å². The summed E-state index contributed by atoms with van der Waals surface area (Å²) in [6.45, 7) is 9.73. The van der Waals surface area contributed by atoms with Crippen LogP contribution in [-0.4, -0.2) is 65.9 Å². The molecule has 2 aromatic rings. The van der Waals surface area contributed by atoms with Gasteiger partial charge in [-0.3, -0.25) is 9.67 Å². The maximum atomic E-state index is 4.56. The van der Waals surface area contributed by atoms with Crippen molar-refractivity contribution in [2.24, 2.45) is 12.0 Å². The van der Waals surface area contributed by atoms with E-state index < -0.39 is 0 Å². The minimum absolute atomic E-state index is 0. The van der Waals surface area contributed by atoms with Crippen LogP contribution < -0.4 is 15.5 Å². The molecule has 160 valence electrons. The predicted molar refractivity (Wildman–Crippen MR) is 129 cm³/mol. The van der Waals surface area contributed by atoms with Crippen molar-refractivity contribution in [3.05, 3.63) is 40.8 Å². The molecule has 0 spiro atoms. The molecule has 29 heavy (non-hydrogen) atoms. The Kier molecular flexibility index (Phi) is 8.69. The lowest BCUT2D eigenvalue weighted by atomic mass is 10.2. The van der Waals surface area contributed by atoms with E-state index in [-0.39, 0.29) is 24.0 Å². The Morgan fingerprint density at radius 2 is 1.79 bits per heavy atom. The second-order valence-corrected chi connectivity index (χ2v) is 7.36. The molecular weight excluding hydrogens is 479 g/mol. The van der Waals surface area contributed by atoms with Gasteiger partial charge in [0.1, 0.15) is 5.82 Å². The smallest absolute Gasteiger partial charge is 0.191 e. The Morgan fingerprint density at radius 3 is 2.41 bits per heavy atom. The fraction of sp³-hybridized carbons (Fsp3) is 0.550. The molecule has 0 bridgehead atoms. The zero-order valence-electron chi connectivity index (χ0n) is 18.1. The zero-order valence-corrected chi connectivity index (χ0v) is 20.4. The minimum Gasteiger partial charge on any atom is -0.354 e. The quantitative estimate of drug-likeness (QED) is 0.361. The lowest BCUT2D eigenvalue weighted by Crippen LogP contribution is -2.44. The predicted octanol–water partition coefficient (Wildman–Crippen LogP) is 1.67. The Hall–Kier alpha value is -1.88. The number of aryl methyl sites for hydroxylation is 2. The number of rotatable bonds is 5. The molecule has 0 aromatic carbocycles. The van der Waals surface area contributed by atoms with E-state index in [0.717, 1.165) is 43.7 Å². The summed E-state index contributed by atoms with van der Waals surface area (Å²) in [5.41, 5.74) is 4.63. The average molecular weight is 512 g/mol. The molecule has 8 nitrogen and oxygen atoms in total. The third-order valence-corrected chi connectivity index (χ3v) is 5.41. The molecular formula is C20H33IN8. The van der Waals surface area contributed by atoms with Gasteiger partial charge in [-0.05, 0) is 38.6 Å². The molecule has 1 aliphatic rings. The van der Waals surface area contributed by atoms with E-state index in [4.69, 9.17) is 0 Å². The van der Waals surface area contributed by atoms with Gasteiger partial charge in [0.05, 0.1) is 5.69 Å². The van der Waals surface area contributed by atoms with Crippen LogP contribution in [0.3, 0.4) is 0 Å². The van der Waals surface area contributed by atoms with Gasteiger partial charge >= 0.3 is 0 Å². The summed E-state index contributed by atoms with van der Waals surface area (Å²) < 4.78 is 1.92. The van der Waals surface area contributed by atoms with Gasteiger partial charge in [0, 0.05) is 70.8 Å². The van der Waals surface area contributed by atoms with E-state index in [1.807, 2.05) is 24.9 Å². The van der Waals surface area contributed by atoms with Crippen molar-refractivity contribution in [2.75, 3.05) is 45.2 Å². The normalized spacial score (nSPS) is 15.2. The first-order chi connectivity index (χ1) is 13.5. The maximum absolute atomic E-state index is 4.56. The van der Waals surface area contributed by atoms with Crippen LogP contribution in [0.25, 0.3) is 0 Å². The van der Waals surface area contributed by atoms with Crippen LogP contribution in [0.4, 0.5) is 5.82 Å². The third kappa shape index (κ3) is 6.05. The van der Waals surface area contributed by atoms with E-state index in [1.165, 1.54) is 16.8 Å². The average Bonchev–Trinajstić information content (AvgIpc) is 2.94. The zero-order chi connectivity index (χ0) is 20.1. The molecule has 1 saturated heterocycles. The first-order valence-electron chi connectivity index (χ1n) is 9.80.